The van der Waals surface area contributed by atoms with Gasteiger partial charge in [0.1, 0.15) is 5.75 Å². The molecule has 212 valence electrons. The molecule has 1 fully saturated rings. The maximum Gasteiger partial charge on any atom is 0.387 e. The van der Waals surface area contributed by atoms with Crippen molar-refractivity contribution in [1.29, 1.82) is 0 Å². The summed E-state index contributed by atoms with van der Waals surface area (Å²) in [5.74, 6) is -0.220. The number of para-hydroxylation sites is 2. The normalized spacial score (nSPS) is 15.3. The molecular formula is C29H33F2N5O4. The molecule has 0 aliphatic carbocycles. The molecule has 4 rings (SSSR count). The number of nitrogens with one attached hydrogen (secondary N) is 2. The fourth-order valence-electron chi connectivity index (χ4n) is 4.81. The Kier molecular flexibility index (Phi) is 9.87. The smallest absolute Gasteiger partial charge is 0.387 e. The fraction of sp³-hybridized carbons (Fsp3) is 0.310. The van der Waals surface area contributed by atoms with Gasteiger partial charge in [0.15, 0.2) is 0 Å². The van der Waals surface area contributed by atoms with Crippen LogP contribution in [0.25, 0.3) is 0 Å². The number of hydrogen-bond donors (Lipinski definition) is 4. The number of carbonyl (C=O) groups excluding carboxylic acids is 2. The van der Waals surface area contributed by atoms with Crippen molar-refractivity contribution in [3.63, 3.8) is 0 Å². The van der Waals surface area contributed by atoms with E-state index in [0.717, 1.165) is 11.1 Å². The highest BCUT2D eigenvalue weighted by molar-refractivity contribution is 6.05. The molecule has 0 spiro atoms. The highest BCUT2D eigenvalue weighted by atomic mass is 19.3. The molecule has 0 aromatic heterocycles. The standard InChI is InChI=1S/C29H33F2N5O4/c30-28(31)40-22-11-9-20(10-12-22)26(36-15-17-39-18-16-36)14-13-24(35-29(33)38)19-5-7-21(8-6-19)27(37)34-25-4-2-1-3-23(25)32/h1-12,24,26,28H,13-18,32H2,(H,34,37)(H3,33,35,38). The lowest BCUT2D eigenvalue weighted by Gasteiger charge is -2.35. The Balaban J connectivity index is 1.49. The van der Waals surface area contributed by atoms with Gasteiger partial charge < -0.3 is 31.6 Å². The molecule has 3 aromatic carbocycles. The minimum absolute atomic E-state index is 0.0527. The summed E-state index contributed by atoms with van der Waals surface area (Å²) in [5.41, 5.74) is 14.6. The first-order chi connectivity index (χ1) is 19.3. The number of primary amides is 1. The van der Waals surface area contributed by atoms with E-state index in [2.05, 4.69) is 20.3 Å². The van der Waals surface area contributed by atoms with Crippen LogP contribution >= 0.6 is 0 Å². The molecule has 11 heteroatoms. The molecule has 1 aliphatic rings. The summed E-state index contributed by atoms with van der Waals surface area (Å²) in [4.78, 5) is 26.9. The molecule has 9 nitrogen and oxygen atoms in total. The van der Waals surface area contributed by atoms with Gasteiger partial charge in [0.05, 0.1) is 30.6 Å². The number of ether oxygens (including phenoxy) is 2. The number of nitrogens with two attached hydrogens (primary N) is 2. The maximum absolute atomic E-state index is 12.7. The summed E-state index contributed by atoms with van der Waals surface area (Å²) in [7, 11) is 0. The maximum atomic E-state index is 12.7. The molecule has 6 N–H and O–H groups in total. The first kappa shape index (κ1) is 28.8. The van der Waals surface area contributed by atoms with E-state index < -0.39 is 18.7 Å². The average molecular weight is 554 g/mol. The number of halogens is 2. The second kappa shape index (κ2) is 13.7. The summed E-state index contributed by atoms with van der Waals surface area (Å²) in [6.45, 7) is -0.294. The van der Waals surface area contributed by atoms with Crippen LogP contribution in [0.4, 0.5) is 25.0 Å². The number of hydrogen-bond acceptors (Lipinski definition) is 6. The number of alkyl halides is 2. The zero-order chi connectivity index (χ0) is 28.5. The van der Waals surface area contributed by atoms with Crippen LogP contribution in [-0.4, -0.2) is 49.8 Å². The number of nitrogen functional groups attached to an aromatic ring is 1. The highest BCUT2D eigenvalue weighted by Crippen LogP contribution is 2.32. The zero-order valence-corrected chi connectivity index (χ0v) is 21.9. The molecule has 40 heavy (non-hydrogen) atoms. The molecule has 2 atom stereocenters. The number of anilines is 2. The van der Waals surface area contributed by atoms with E-state index in [-0.39, 0.29) is 17.7 Å². The zero-order valence-electron chi connectivity index (χ0n) is 21.9. The van der Waals surface area contributed by atoms with Crippen LogP contribution in [0.3, 0.4) is 0 Å². The van der Waals surface area contributed by atoms with Gasteiger partial charge in [-0.15, -0.1) is 0 Å². The summed E-state index contributed by atoms with van der Waals surface area (Å²) in [6, 6.07) is 19.4. The molecule has 0 radical (unpaired) electrons. The van der Waals surface area contributed by atoms with Crippen molar-refractivity contribution in [1.82, 2.24) is 10.2 Å². The Morgan fingerprint density at radius 3 is 2.20 bits per heavy atom. The third-order valence-corrected chi connectivity index (χ3v) is 6.81. The molecule has 0 bridgehead atoms. The Morgan fingerprint density at radius 2 is 1.57 bits per heavy atom. The van der Waals surface area contributed by atoms with E-state index in [9.17, 15) is 18.4 Å². The number of rotatable bonds is 11. The lowest BCUT2D eigenvalue weighted by molar-refractivity contribution is -0.0498. The van der Waals surface area contributed by atoms with Gasteiger partial charge in [-0.1, -0.05) is 36.4 Å². The second-order valence-electron chi connectivity index (χ2n) is 9.41. The van der Waals surface area contributed by atoms with Crippen LogP contribution < -0.4 is 26.8 Å². The number of benzene rings is 3. The summed E-state index contributed by atoms with van der Waals surface area (Å²) < 4.78 is 35.2. The van der Waals surface area contributed by atoms with Gasteiger partial charge in [0.2, 0.25) is 0 Å². The van der Waals surface area contributed by atoms with Crippen molar-refractivity contribution < 1.29 is 27.8 Å². The number of morpholine rings is 1. The average Bonchev–Trinajstić information content (AvgIpc) is 2.95. The summed E-state index contributed by atoms with van der Waals surface area (Å²) >= 11 is 0. The Labute approximate surface area is 231 Å². The predicted octanol–water partition coefficient (Wildman–Crippen LogP) is 4.69. The van der Waals surface area contributed by atoms with Gasteiger partial charge in [-0.3, -0.25) is 9.69 Å². The van der Waals surface area contributed by atoms with Crippen LogP contribution in [0.1, 0.15) is 46.4 Å². The quantitative estimate of drug-likeness (QED) is 0.255. The number of carbonyl (C=O) groups is 2. The molecule has 1 saturated heterocycles. The Morgan fingerprint density at radius 1 is 0.925 bits per heavy atom. The van der Waals surface area contributed by atoms with Gasteiger partial charge in [-0.05, 0) is 60.4 Å². The van der Waals surface area contributed by atoms with E-state index in [1.807, 2.05) is 0 Å². The lowest BCUT2D eigenvalue weighted by Crippen LogP contribution is -2.40. The molecule has 3 aromatic rings. The molecule has 2 unspecified atom stereocenters. The summed E-state index contributed by atoms with van der Waals surface area (Å²) in [5, 5.41) is 5.60. The van der Waals surface area contributed by atoms with Crippen LogP contribution in [0.2, 0.25) is 0 Å². The van der Waals surface area contributed by atoms with E-state index in [0.29, 0.717) is 56.1 Å². The molecule has 1 heterocycles. The van der Waals surface area contributed by atoms with Crippen molar-refractivity contribution in [2.24, 2.45) is 5.73 Å². The van der Waals surface area contributed by atoms with Crippen molar-refractivity contribution in [2.75, 3.05) is 37.4 Å². The van der Waals surface area contributed by atoms with Crippen LogP contribution in [-0.2, 0) is 4.74 Å². The van der Waals surface area contributed by atoms with Crippen molar-refractivity contribution >= 4 is 23.3 Å². The first-order valence-corrected chi connectivity index (χ1v) is 13.0. The van der Waals surface area contributed by atoms with E-state index in [4.69, 9.17) is 16.2 Å². The van der Waals surface area contributed by atoms with Crippen LogP contribution in [0.5, 0.6) is 5.75 Å². The van der Waals surface area contributed by atoms with E-state index in [1.54, 1.807) is 60.7 Å². The monoisotopic (exact) mass is 553 g/mol. The third-order valence-electron chi connectivity index (χ3n) is 6.81. The largest absolute Gasteiger partial charge is 0.435 e. The number of urea groups is 1. The van der Waals surface area contributed by atoms with Gasteiger partial charge in [-0.25, -0.2) is 4.79 Å². The van der Waals surface area contributed by atoms with Gasteiger partial charge >= 0.3 is 12.6 Å². The Hall–Kier alpha value is -4.22. The molecular weight excluding hydrogens is 520 g/mol. The van der Waals surface area contributed by atoms with Crippen molar-refractivity contribution in [3.8, 4) is 5.75 Å². The number of nitrogens with zero attached hydrogens (tertiary/aromatic N) is 1. The SMILES string of the molecule is NC(=O)NC(CCC(c1ccc(OC(F)F)cc1)N1CCOCC1)c1ccc(C(=O)Nc2ccccc2N)cc1. The molecule has 1 aliphatic heterocycles. The van der Waals surface area contributed by atoms with Gasteiger partial charge in [0, 0.05) is 24.7 Å². The van der Waals surface area contributed by atoms with Crippen LogP contribution in [0, 0.1) is 0 Å². The van der Waals surface area contributed by atoms with Crippen molar-refractivity contribution in [3.05, 3.63) is 89.5 Å². The van der Waals surface area contributed by atoms with Gasteiger partial charge in [-0.2, -0.15) is 8.78 Å². The Bertz CT molecular complexity index is 1270. The summed E-state index contributed by atoms with van der Waals surface area (Å²) in [6.07, 6.45) is 1.17. The first-order valence-electron chi connectivity index (χ1n) is 13.0. The lowest BCUT2D eigenvalue weighted by atomic mass is 9.94. The van der Waals surface area contributed by atoms with E-state index >= 15 is 0 Å². The topological polar surface area (TPSA) is 132 Å². The van der Waals surface area contributed by atoms with Crippen LogP contribution in [0.15, 0.2) is 72.8 Å². The fourth-order valence-corrected chi connectivity index (χ4v) is 4.81. The third kappa shape index (κ3) is 7.90. The second-order valence-corrected chi connectivity index (χ2v) is 9.41. The van der Waals surface area contributed by atoms with E-state index in [1.165, 1.54) is 12.1 Å². The minimum atomic E-state index is -2.89. The van der Waals surface area contributed by atoms with Crippen molar-refractivity contribution in [2.45, 2.75) is 31.5 Å². The molecule has 3 amide bonds. The minimum Gasteiger partial charge on any atom is -0.435 e. The van der Waals surface area contributed by atoms with Gasteiger partial charge in [0.25, 0.3) is 5.91 Å². The molecule has 0 saturated carbocycles. The highest BCUT2D eigenvalue weighted by Gasteiger charge is 2.25. The number of amides is 3. The predicted molar refractivity (Wildman–Crippen MR) is 148 cm³/mol.